The van der Waals surface area contributed by atoms with Crippen molar-refractivity contribution in [3.8, 4) is 0 Å². The Labute approximate surface area is 211 Å². The van der Waals surface area contributed by atoms with Gasteiger partial charge in [-0.05, 0) is 67.2 Å². The molecule has 0 saturated carbocycles. The second kappa shape index (κ2) is 12.5. The Morgan fingerprint density at radius 1 is 1.09 bits per heavy atom. The number of unbranched alkanes of at least 4 members (excludes halogenated alkanes) is 1. The molecule has 1 N–H and O–H groups in total. The van der Waals surface area contributed by atoms with Crippen molar-refractivity contribution in [2.24, 2.45) is 0 Å². The van der Waals surface area contributed by atoms with E-state index in [1.807, 2.05) is 0 Å². The van der Waals surface area contributed by atoms with Gasteiger partial charge in [-0.2, -0.15) is 0 Å². The van der Waals surface area contributed by atoms with Gasteiger partial charge in [0.05, 0.1) is 13.2 Å². The summed E-state index contributed by atoms with van der Waals surface area (Å²) in [6.45, 7) is 13.1. The molecule has 1 fully saturated rings. The highest BCUT2D eigenvalue weighted by molar-refractivity contribution is 7.80. The monoisotopic (exact) mass is 480 g/mol. The molecule has 0 aromatic heterocycles. The number of nitrogens with one attached hydrogen (secondary N) is 1. The summed E-state index contributed by atoms with van der Waals surface area (Å²) in [5, 5.41) is 4.31. The maximum atomic E-state index is 5.93. The fraction of sp³-hybridized carbons (Fsp3) is 0.536. The average molecular weight is 481 g/mol. The predicted molar refractivity (Wildman–Crippen MR) is 147 cm³/mol. The molecule has 0 bridgehead atoms. The molecule has 2 aliphatic rings. The highest BCUT2D eigenvalue weighted by atomic mass is 32.1. The molecule has 0 radical (unpaired) electrons. The van der Waals surface area contributed by atoms with Crippen LogP contribution in [-0.4, -0.2) is 67.4 Å². The lowest BCUT2D eigenvalue weighted by Crippen LogP contribution is -2.44. The van der Waals surface area contributed by atoms with Crippen molar-refractivity contribution in [2.75, 3.05) is 62.7 Å². The van der Waals surface area contributed by atoms with Gasteiger partial charge in [-0.1, -0.05) is 43.7 Å². The number of morpholine rings is 1. The molecule has 2 aliphatic heterocycles. The van der Waals surface area contributed by atoms with Gasteiger partial charge < -0.3 is 19.9 Å². The predicted octanol–water partition coefficient (Wildman–Crippen LogP) is 5.08. The van der Waals surface area contributed by atoms with E-state index in [0.717, 1.165) is 56.7 Å². The van der Waals surface area contributed by atoms with E-state index in [0.29, 0.717) is 0 Å². The van der Waals surface area contributed by atoms with E-state index in [9.17, 15) is 0 Å². The Morgan fingerprint density at radius 2 is 1.91 bits per heavy atom. The largest absolute Gasteiger partial charge is 0.379 e. The number of hydrogen-bond acceptors (Lipinski definition) is 4. The fourth-order valence-corrected chi connectivity index (χ4v) is 5.14. The molecule has 1 saturated heterocycles. The molecule has 6 heteroatoms. The zero-order valence-corrected chi connectivity index (χ0v) is 21.7. The van der Waals surface area contributed by atoms with Crippen molar-refractivity contribution in [1.82, 2.24) is 9.80 Å². The lowest BCUT2D eigenvalue weighted by atomic mass is 9.98. The summed E-state index contributed by atoms with van der Waals surface area (Å²) in [4.78, 5) is 7.38. The molecule has 5 nitrogen and oxygen atoms in total. The maximum Gasteiger partial charge on any atom is 0.173 e. The fourth-order valence-electron chi connectivity index (χ4n) is 4.88. The minimum absolute atomic E-state index is 0.796. The van der Waals surface area contributed by atoms with Crippen molar-refractivity contribution in [3.05, 3.63) is 59.2 Å². The smallest absolute Gasteiger partial charge is 0.173 e. The molecular formula is C28H40N4OS. The van der Waals surface area contributed by atoms with Gasteiger partial charge in [0.25, 0.3) is 0 Å². The molecule has 34 heavy (non-hydrogen) atoms. The van der Waals surface area contributed by atoms with Crippen molar-refractivity contribution in [1.29, 1.82) is 0 Å². The Bertz CT molecular complexity index is 944. The van der Waals surface area contributed by atoms with Gasteiger partial charge in [0, 0.05) is 57.2 Å². The number of aryl methyl sites for hydroxylation is 2. The van der Waals surface area contributed by atoms with Crippen LogP contribution in [0.15, 0.2) is 42.5 Å². The number of para-hydroxylation sites is 1. The van der Waals surface area contributed by atoms with Gasteiger partial charge in [-0.25, -0.2) is 0 Å². The highest BCUT2D eigenvalue weighted by Crippen LogP contribution is 2.29. The quantitative estimate of drug-likeness (QED) is 0.504. The topological polar surface area (TPSA) is 31.0 Å². The van der Waals surface area contributed by atoms with Gasteiger partial charge in [0.1, 0.15) is 0 Å². The molecule has 4 rings (SSSR count). The maximum absolute atomic E-state index is 5.93. The molecule has 0 amide bonds. The summed E-state index contributed by atoms with van der Waals surface area (Å²) in [7, 11) is 0. The van der Waals surface area contributed by atoms with Gasteiger partial charge >= 0.3 is 0 Å². The van der Waals surface area contributed by atoms with Crippen LogP contribution in [0.25, 0.3) is 0 Å². The lowest BCUT2D eigenvalue weighted by molar-refractivity contribution is 0.0358. The molecule has 2 aromatic carbocycles. The van der Waals surface area contributed by atoms with Crippen LogP contribution in [0.5, 0.6) is 0 Å². The van der Waals surface area contributed by atoms with E-state index >= 15 is 0 Å². The first-order valence-corrected chi connectivity index (χ1v) is 13.3. The number of benzene rings is 2. The molecular weight excluding hydrogens is 440 g/mol. The molecule has 0 spiro atoms. The summed E-state index contributed by atoms with van der Waals surface area (Å²) in [5.74, 6) is 0. The number of rotatable bonds is 9. The van der Waals surface area contributed by atoms with E-state index < -0.39 is 0 Å². The Hall–Kier alpha value is -2.15. The number of ether oxygens (including phenoxy) is 1. The summed E-state index contributed by atoms with van der Waals surface area (Å²) in [5.41, 5.74) is 6.56. The van der Waals surface area contributed by atoms with E-state index in [1.54, 1.807) is 0 Å². The molecule has 0 atom stereocenters. The summed E-state index contributed by atoms with van der Waals surface area (Å²) < 4.78 is 5.53. The Kier molecular flexibility index (Phi) is 9.19. The lowest BCUT2D eigenvalue weighted by Gasteiger charge is -2.33. The van der Waals surface area contributed by atoms with Crippen LogP contribution in [0, 0.1) is 6.92 Å². The third-order valence-corrected chi connectivity index (χ3v) is 7.34. The minimum atomic E-state index is 0.796. The first-order chi connectivity index (χ1) is 16.6. The van der Waals surface area contributed by atoms with Crippen molar-refractivity contribution in [3.63, 3.8) is 0 Å². The second-order valence-corrected chi connectivity index (χ2v) is 9.91. The van der Waals surface area contributed by atoms with Crippen molar-refractivity contribution >= 4 is 28.7 Å². The highest BCUT2D eigenvalue weighted by Gasteiger charge is 2.19. The van der Waals surface area contributed by atoms with E-state index in [2.05, 4.69) is 76.3 Å². The van der Waals surface area contributed by atoms with E-state index in [1.165, 1.54) is 61.2 Å². The van der Waals surface area contributed by atoms with Gasteiger partial charge in [-0.15, -0.1) is 0 Å². The molecule has 0 aliphatic carbocycles. The first-order valence-electron chi connectivity index (χ1n) is 12.9. The number of thiocarbonyl (C=S) groups is 1. The summed E-state index contributed by atoms with van der Waals surface area (Å²) in [6, 6.07) is 15.4. The van der Waals surface area contributed by atoms with Crippen molar-refractivity contribution < 1.29 is 4.74 Å². The van der Waals surface area contributed by atoms with Crippen LogP contribution >= 0.6 is 12.2 Å². The normalized spacial score (nSPS) is 16.2. The SMILES string of the molecule is CCCCN1CCCc2cc(CN(CCN3CCOCC3)C(=S)Nc3ccccc3C)ccc21. The van der Waals surface area contributed by atoms with E-state index in [4.69, 9.17) is 17.0 Å². The number of nitrogens with zero attached hydrogens (tertiary/aromatic N) is 3. The van der Waals surface area contributed by atoms with Crippen LogP contribution < -0.4 is 10.2 Å². The summed E-state index contributed by atoms with van der Waals surface area (Å²) in [6.07, 6.45) is 4.92. The number of hydrogen-bond donors (Lipinski definition) is 1. The third kappa shape index (κ3) is 6.71. The Balaban J connectivity index is 1.47. The van der Waals surface area contributed by atoms with Gasteiger partial charge in [0.15, 0.2) is 5.11 Å². The van der Waals surface area contributed by atoms with Crippen LogP contribution in [0.4, 0.5) is 11.4 Å². The van der Waals surface area contributed by atoms with E-state index in [-0.39, 0.29) is 0 Å². The number of fused-ring (bicyclic) bond motifs is 1. The van der Waals surface area contributed by atoms with Crippen LogP contribution in [-0.2, 0) is 17.7 Å². The van der Waals surface area contributed by atoms with Gasteiger partial charge in [-0.3, -0.25) is 4.90 Å². The standard InChI is InChI=1S/C28H40N4OS/c1-3-4-13-31-14-7-9-25-21-24(11-12-27(25)31)22-32(16-15-30-17-19-33-20-18-30)28(34)29-26-10-6-5-8-23(26)2/h5-6,8,10-12,21H,3-4,7,9,13-20,22H2,1-2H3,(H,29,34). The zero-order chi connectivity index (χ0) is 23.8. The third-order valence-electron chi connectivity index (χ3n) is 6.98. The van der Waals surface area contributed by atoms with Crippen molar-refractivity contribution in [2.45, 2.75) is 46.1 Å². The Morgan fingerprint density at radius 3 is 2.71 bits per heavy atom. The number of anilines is 2. The molecule has 2 heterocycles. The summed E-state index contributed by atoms with van der Waals surface area (Å²) >= 11 is 5.93. The molecule has 184 valence electrons. The van der Waals surface area contributed by atoms with Crippen LogP contribution in [0.2, 0.25) is 0 Å². The second-order valence-electron chi connectivity index (χ2n) is 9.53. The molecule has 0 unspecified atom stereocenters. The molecule has 2 aromatic rings. The van der Waals surface area contributed by atoms with Crippen LogP contribution in [0.1, 0.15) is 42.9 Å². The average Bonchev–Trinajstić information content (AvgIpc) is 2.87. The zero-order valence-electron chi connectivity index (χ0n) is 20.9. The van der Waals surface area contributed by atoms with Gasteiger partial charge in [0.2, 0.25) is 0 Å². The first kappa shape index (κ1) is 25.0. The minimum Gasteiger partial charge on any atom is -0.379 e. The van der Waals surface area contributed by atoms with Crippen LogP contribution in [0.3, 0.4) is 0 Å².